The zero-order chi connectivity index (χ0) is 62.5. The molecule has 0 bridgehead atoms. The minimum Gasteiger partial charge on any atom is -0.480 e. The van der Waals surface area contributed by atoms with Crippen LogP contribution in [0.1, 0.15) is 88.4 Å². The first kappa shape index (κ1) is 65.9. The number of nitrogens with zero attached hydrogens (tertiary/aromatic N) is 6. The number of benzene rings is 1. The SMILES string of the molecule is CC(C)C[C@H](NC(=O)[C@H](Cc1cnc[nH]1)NC(=O)[C@@H]1CCCN1C(=O)[C@H](Cc1cnc[nH]1)NC(=O)[C@@H]1CCCN1C(=O)[C@H](Cc1cnc[nH]1)NC(=O)[C@H](CCCN=C(N)N)NC(=O)[C@H](C)N)C(=O)N[C@@H](CO)C(=O)N[C@@H](Cc1ccccc1)C(=O)O. The molecule has 0 radical (unpaired) electrons. The number of aliphatic carboxylic acids is 1. The molecule has 2 fully saturated rings. The van der Waals surface area contributed by atoms with Gasteiger partial charge in [0.15, 0.2) is 5.96 Å². The molecule has 6 rings (SSSR count). The molecule has 2 saturated heterocycles. The van der Waals surface area contributed by atoms with Crippen LogP contribution in [-0.2, 0) is 73.6 Å². The predicted molar refractivity (Wildman–Crippen MR) is 308 cm³/mol. The number of aromatic nitrogens is 6. The van der Waals surface area contributed by atoms with Crippen molar-refractivity contribution in [3.05, 3.63) is 90.5 Å². The summed E-state index contributed by atoms with van der Waals surface area (Å²) in [6.45, 7) is 4.40. The number of rotatable bonds is 32. The summed E-state index contributed by atoms with van der Waals surface area (Å²) in [6, 6.07) is -4.26. The van der Waals surface area contributed by atoms with Gasteiger partial charge in [-0.1, -0.05) is 44.2 Å². The van der Waals surface area contributed by atoms with Gasteiger partial charge in [0.2, 0.25) is 53.2 Å². The van der Waals surface area contributed by atoms with E-state index >= 15 is 0 Å². The van der Waals surface area contributed by atoms with Crippen LogP contribution in [0, 0.1) is 5.92 Å². The molecule has 1 aromatic carbocycles. The number of carboxylic acids is 1. The van der Waals surface area contributed by atoms with Crippen LogP contribution < -0.4 is 54.4 Å². The van der Waals surface area contributed by atoms with E-state index in [4.69, 9.17) is 17.2 Å². The largest absolute Gasteiger partial charge is 0.480 e. The van der Waals surface area contributed by atoms with Crippen molar-refractivity contribution in [1.82, 2.24) is 76.9 Å². The summed E-state index contributed by atoms with van der Waals surface area (Å²) < 4.78 is 0. The molecule has 0 unspecified atom stereocenters. The number of aliphatic hydroxyl groups is 1. The second-order valence-electron chi connectivity index (χ2n) is 21.7. The first-order valence-electron chi connectivity index (χ1n) is 28.5. The van der Waals surface area contributed by atoms with Crippen LogP contribution in [-0.4, -0.2) is 202 Å². The van der Waals surface area contributed by atoms with Gasteiger partial charge < -0.3 is 89.4 Å². The first-order chi connectivity index (χ1) is 41.1. The number of aliphatic imine (C=N–C) groups is 1. The van der Waals surface area contributed by atoms with E-state index in [1.807, 2.05) is 0 Å². The fourth-order valence-corrected chi connectivity index (χ4v) is 10.1. The third kappa shape index (κ3) is 19.4. The Bertz CT molecular complexity index is 2940. The Hall–Kier alpha value is -9.26. The van der Waals surface area contributed by atoms with Crippen LogP contribution in [0.2, 0.25) is 0 Å². The molecular weight excluding hydrogens is 1120 g/mol. The number of nitrogens with one attached hydrogen (secondary N) is 10. The van der Waals surface area contributed by atoms with Crippen molar-refractivity contribution in [2.45, 2.75) is 152 Å². The van der Waals surface area contributed by atoms with Gasteiger partial charge in [-0.25, -0.2) is 19.7 Å². The molecule has 5 heterocycles. The highest BCUT2D eigenvalue weighted by Crippen LogP contribution is 2.23. The Morgan fingerprint density at radius 1 is 0.593 bits per heavy atom. The summed E-state index contributed by atoms with van der Waals surface area (Å²) >= 11 is 0. The van der Waals surface area contributed by atoms with Gasteiger partial charge in [0.05, 0.1) is 31.6 Å². The smallest absolute Gasteiger partial charge is 0.326 e. The number of amides is 9. The summed E-state index contributed by atoms with van der Waals surface area (Å²) in [5.74, 6) is -8.50. The van der Waals surface area contributed by atoms with Crippen LogP contribution >= 0.6 is 0 Å². The number of hydrogen-bond acceptors (Lipinski definition) is 16. The number of aliphatic hydroxyl groups excluding tert-OH is 1. The summed E-state index contributed by atoms with van der Waals surface area (Å²) in [6.07, 6.45) is 9.47. The summed E-state index contributed by atoms with van der Waals surface area (Å²) in [5.41, 5.74) is 18.7. The van der Waals surface area contributed by atoms with Crippen molar-refractivity contribution < 1.29 is 58.2 Å². The molecule has 10 atom stereocenters. The van der Waals surface area contributed by atoms with Crippen LogP contribution in [0.5, 0.6) is 0 Å². The highest BCUT2D eigenvalue weighted by Gasteiger charge is 2.43. The number of guanidine groups is 1. The van der Waals surface area contributed by atoms with E-state index in [0.717, 1.165) is 0 Å². The second kappa shape index (κ2) is 32.1. The minimum absolute atomic E-state index is 0.0251. The van der Waals surface area contributed by atoms with Gasteiger partial charge in [0, 0.05) is 81.0 Å². The standard InChI is InChI=1S/C55H79N19O12/c1-30(2)18-37(47(78)72-42(26-75)49(80)71-41(54(85)86)19-32-10-5-4-6-11-32)67-48(79)38(20-33-23-59-27-63-33)68-50(81)43-13-8-16-73(43)53(84)40(22-35-25-61-29-65-35)70-51(82)44-14-9-17-74(44)52(83)39(21-34-24-60-28-64-34)69-46(77)36(66-45(76)31(3)56)12-7-15-62-55(57)58/h4-6,10-11,23-25,27-31,36-44,75H,7-9,12-22,26,56H2,1-3H3,(H,59,63)(H,60,64)(H,61,65)(H,66,76)(H,67,79)(H,68,81)(H,69,77)(H,70,82)(H,71,80)(H,72,78)(H,85,86)(H4,57,58,62)/t31-,36-,37-,38-,39-,40-,41-,42-,43-,44-/m0/s1. The number of hydrogen-bond donors (Lipinski definition) is 15. The van der Waals surface area contributed by atoms with Crippen molar-refractivity contribution in [3.8, 4) is 0 Å². The van der Waals surface area contributed by atoms with E-state index in [-0.39, 0.29) is 89.3 Å². The zero-order valence-corrected chi connectivity index (χ0v) is 48.2. The molecule has 31 heteroatoms. The average molecular weight is 1200 g/mol. The Labute approximate surface area is 495 Å². The molecule has 2 aliphatic heterocycles. The van der Waals surface area contributed by atoms with Gasteiger partial charge in [-0.15, -0.1) is 0 Å². The molecule has 9 amide bonds. The number of nitrogens with two attached hydrogens (primary N) is 3. The van der Waals surface area contributed by atoms with E-state index < -0.39 is 126 Å². The molecule has 0 spiro atoms. The van der Waals surface area contributed by atoms with E-state index in [1.54, 1.807) is 44.2 Å². The van der Waals surface area contributed by atoms with Crippen molar-refractivity contribution in [2.24, 2.45) is 28.1 Å². The zero-order valence-electron chi connectivity index (χ0n) is 48.2. The molecule has 4 aromatic rings. The van der Waals surface area contributed by atoms with Crippen LogP contribution in [0.3, 0.4) is 0 Å². The summed E-state index contributed by atoms with van der Waals surface area (Å²) in [7, 11) is 0. The van der Waals surface area contributed by atoms with Gasteiger partial charge in [0.25, 0.3) is 0 Å². The molecule has 2 aliphatic rings. The Morgan fingerprint density at radius 2 is 1.03 bits per heavy atom. The van der Waals surface area contributed by atoms with Gasteiger partial charge in [-0.2, -0.15) is 0 Å². The van der Waals surface area contributed by atoms with Crippen LogP contribution in [0.4, 0.5) is 0 Å². The second-order valence-corrected chi connectivity index (χ2v) is 21.7. The van der Waals surface area contributed by atoms with E-state index in [9.17, 15) is 58.2 Å². The van der Waals surface area contributed by atoms with Gasteiger partial charge in [0.1, 0.15) is 54.4 Å². The number of aromatic amines is 3. The fourth-order valence-electron chi connectivity index (χ4n) is 10.1. The topological polar surface area (TPSA) is 478 Å². The Balaban J connectivity index is 1.17. The minimum atomic E-state index is -1.62. The third-order valence-corrected chi connectivity index (χ3v) is 14.5. The van der Waals surface area contributed by atoms with E-state index in [2.05, 4.69) is 72.1 Å². The first-order valence-corrected chi connectivity index (χ1v) is 28.5. The normalized spacial score (nSPS) is 17.6. The maximum Gasteiger partial charge on any atom is 0.326 e. The van der Waals surface area contributed by atoms with Crippen molar-refractivity contribution >= 4 is 65.1 Å². The van der Waals surface area contributed by atoms with Crippen molar-refractivity contribution in [1.29, 1.82) is 0 Å². The highest BCUT2D eigenvalue weighted by atomic mass is 16.4. The fraction of sp³-hybridized carbons (Fsp3) is 0.527. The monoisotopic (exact) mass is 1200 g/mol. The van der Waals surface area contributed by atoms with Crippen molar-refractivity contribution in [3.63, 3.8) is 0 Å². The van der Waals surface area contributed by atoms with Gasteiger partial charge >= 0.3 is 5.97 Å². The van der Waals surface area contributed by atoms with Crippen LogP contribution in [0.25, 0.3) is 0 Å². The van der Waals surface area contributed by atoms with E-state index in [0.29, 0.717) is 35.5 Å². The molecule has 3 aromatic heterocycles. The molecular formula is C55H79N19O12. The average Bonchev–Trinajstić information content (AvgIpc) is 4.56. The maximum atomic E-state index is 14.9. The number of carbonyl (C=O) groups is 10. The van der Waals surface area contributed by atoms with E-state index in [1.165, 1.54) is 54.3 Å². The lowest BCUT2D eigenvalue weighted by Crippen LogP contribution is -2.61. The number of likely N-dealkylation sites (tertiary alicyclic amines) is 2. The van der Waals surface area contributed by atoms with Gasteiger partial charge in [-0.05, 0) is 63.4 Å². The van der Waals surface area contributed by atoms with Gasteiger partial charge in [-0.3, -0.25) is 48.1 Å². The molecule has 18 N–H and O–H groups in total. The summed E-state index contributed by atoms with van der Waals surface area (Å²) in [4.78, 5) is 167. The molecule has 0 aliphatic carbocycles. The Kier molecular flexibility index (Phi) is 24.6. The van der Waals surface area contributed by atoms with Crippen molar-refractivity contribution in [2.75, 3.05) is 26.2 Å². The molecule has 86 heavy (non-hydrogen) atoms. The maximum absolute atomic E-state index is 14.9. The predicted octanol–water partition coefficient (Wildman–Crippen LogP) is -3.97. The third-order valence-electron chi connectivity index (χ3n) is 14.5. The summed E-state index contributed by atoms with van der Waals surface area (Å²) in [5, 5.41) is 38.6. The number of carbonyl (C=O) groups excluding carboxylic acids is 9. The molecule has 466 valence electrons. The molecule has 31 nitrogen and oxygen atoms in total. The lowest BCUT2D eigenvalue weighted by atomic mass is 10.0. The lowest BCUT2D eigenvalue weighted by Gasteiger charge is -2.32. The number of carboxylic acid groups (broad SMARTS) is 1. The number of H-pyrrole nitrogens is 3. The molecule has 0 saturated carbocycles. The highest BCUT2D eigenvalue weighted by molar-refractivity contribution is 5.99. The van der Waals surface area contributed by atoms with Crippen LogP contribution in [0.15, 0.2) is 72.9 Å². The lowest BCUT2D eigenvalue weighted by molar-refractivity contribution is -0.144. The Morgan fingerprint density at radius 3 is 1.51 bits per heavy atom. The number of imidazole rings is 3. The quantitative estimate of drug-likeness (QED) is 0.0126.